The number of rotatable bonds is 5. The SMILES string of the molecule is CNC(Cc1nccs1)C(C)S(C)(=O)=O. The molecule has 6 heteroatoms. The van der Waals surface area contributed by atoms with Crippen LogP contribution >= 0.6 is 11.3 Å². The number of nitrogens with zero attached hydrogens (tertiary/aromatic N) is 1. The molecular formula is C9H16N2O2S2. The molecule has 0 aromatic carbocycles. The standard InChI is InChI=1S/C9H16N2O2S2/c1-7(15(3,12)13)8(10-2)6-9-11-4-5-14-9/h4-5,7-8,10H,6H2,1-3H3. The molecule has 1 heterocycles. The monoisotopic (exact) mass is 248 g/mol. The first-order valence-corrected chi connectivity index (χ1v) is 7.53. The van der Waals surface area contributed by atoms with E-state index < -0.39 is 15.1 Å². The fourth-order valence-electron chi connectivity index (χ4n) is 1.34. The van der Waals surface area contributed by atoms with Crippen molar-refractivity contribution in [2.24, 2.45) is 0 Å². The quantitative estimate of drug-likeness (QED) is 0.833. The van der Waals surface area contributed by atoms with E-state index in [-0.39, 0.29) is 6.04 Å². The molecule has 4 nitrogen and oxygen atoms in total. The van der Waals surface area contributed by atoms with Crippen molar-refractivity contribution in [1.82, 2.24) is 10.3 Å². The largest absolute Gasteiger partial charge is 0.315 e. The first kappa shape index (κ1) is 12.6. The molecule has 0 bridgehead atoms. The second kappa shape index (κ2) is 5.05. The van der Waals surface area contributed by atoms with E-state index in [1.165, 1.54) is 6.26 Å². The molecule has 86 valence electrons. The van der Waals surface area contributed by atoms with Crippen LogP contribution in [-0.2, 0) is 16.3 Å². The lowest BCUT2D eigenvalue weighted by atomic mass is 10.1. The van der Waals surface area contributed by atoms with Crippen molar-refractivity contribution in [3.63, 3.8) is 0 Å². The lowest BCUT2D eigenvalue weighted by Crippen LogP contribution is -2.41. The summed E-state index contributed by atoms with van der Waals surface area (Å²) in [5, 5.41) is 5.50. The first-order valence-electron chi connectivity index (χ1n) is 4.69. The number of hydrogen-bond acceptors (Lipinski definition) is 5. The Morgan fingerprint density at radius 2 is 2.27 bits per heavy atom. The number of likely N-dealkylation sites (N-methyl/N-ethyl adjacent to an activating group) is 1. The van der Waals surface area contributed by atoms with E-state index in [2.05, 4.69) is 10.3 Å². The van der Waals surface area contributed by atoms with E-state index in [1.54, 1.807) is 31.5 Å². The highest BCUT2D eigenvalue weighted by Gasteiger charge is 2.25. The maximum atomic E-state index is 11.4. The molecule has 1 aromatic rings. The van der Waals surface area contributed by atoms with Gasteiger partial charge in [0.15, 0.2) is 9.84 Å². The summed E-state index contributed by atoms with van der Waals surface area (Å²) in [7, 11) is -1.23. The van der Waals surface area contributed by atoms with Crippen molar-refractivity contribution >= 4 is 21.2 Å². The van der Waals surface area contributed by atoms with Crippen LogP contribution in [0.4, 0.5) is 0 Å². The molecule has 0 saturated heterocycles. The summed E-state index contributed by atoms with van der Waals surface area (Å²) in [6, 6.07) is -0.0776. The molecule has 2 atom stereocenters. The fraction of sp³-hybridized carbons (Fsp3) is 0.667. The molecule has 0 amide bonds. The van der Waals surface area contributed by atoms with E-state index in [4.69, 9.17) is 0 Å². The number of thiazole rings is 1. The molecule has 15 heavy (non-hydrogen) atoms. The average molecular weight is 248 g/mol. The van der Waals surface area contributed by atoms with Gasteiger partial charge >= 0.3 is 0 Å². The van der Waals surface area contributed by atoms with Crippen molar-refractivity contribution in [2.75, 3.05) is 13.3 Å². The van der Waals surface area contributed by atoms with Crippen molar-refractivity contribution in [1.29, 1.82) is 0 Å². The summed E-state index contributed by atoms with van der Waals surface area (Å²) < 4.78 is 22.8. The van der Waals surface area contributed by atoms with Crippen molar-refractivity contribution < 1.29 is 8.42 Å². The van der Waals surface area contributed by atoms with Gasteiger partial charge in [0, 0.05) is 30.3 Å². The fourth-order valence-corrected chi connectivity index (χ4v) is 2.85. The van der Waals surface area contributed by atoms with E-state index in [0.29, 0.717) is 6.42 Å². The Kier molecular flexibility index (Phi) is 4.24. The highest BCUT2D eigenvalue weighted by molar-refractivity contribution is 7.91. The molecule has 0 radical (unpaired) electrons. The third-order valence-electron chi connectivity index (χ3n) is 2.49. The normalized spacial score (nSPS) is 16.2. The zero-order chi connectivity index (χ0) is 11.5. The molecule has 1 N–H and O–H groups in total. The Balaban J connectivity index is 2.73. The van der Waals surface area contributed by atoms with Gasteiger partial charge in [0.25, 0.3) is 0 Å². The van der Waals surface area contributed by atoms with Crippen LogP contribution in [0.1, 0.15) is 11.9 Å². The van der Waals surface area contributed by atoms with Gasteiger partial charge in [-0.05, 0) is 14.0 Å². The highest BCUT2D eigenvalue weighted by Crippen LogP contribution is 2.12. The number of sulfone groups is 1. The van der Waals surface area contributed by atoms with Crippen LogP contribution < -0.4 is 5.32 Å². The molecule has 0 aliphatic rings. The Hall–Kier alpha value is -0.460. The lowest BCUT2D eigenvalue weighted by molar-refractivity contribution is 0.516. The van der Waals surface area contributed by atoms with E-state index in [0.717, 1.165) is 5.01 Å². The topological polar surface area (TPSA) is 59.1 Å². The maximum Gasteiger partial charge on any atom is 0.151 e. The zero-order valence-electron chi connectivity index (χ0n) is 9.10. The smallest absolute Gasteiger partial charge is 0.151 e. The van der Waals surface area contributed by atoms with Crippen LogP contribution in [0, 0.1) is 0 Å². The average Bonchev–Trinajstić information content (AvgIpc) is 2.64. The van der Waals surface area contributed by atoms with Gasteiger partial charge in [0.05, 0.1) is 10.3 Å². The first-order chi connectivity index (χ1) is 6.95. The predicted octanol–water partition coefficient (Wildman–Crippen LogP) is 0.707. The Morgan fingerprint density at radius 3 is 2.67 bits per heavy atom. The summed E-state index contributed by atoms with van der Waals surface area (Å²) in [6.07, 6.45) is 3.66. The number of hydrogen-bond donors (Lipinski definition) is 1. The minimum atomic E-state index is -3.00. The Morgan fingerprint density at radius 1 is 1.60 bits per heavy atom. The number of nitrogens with one attached hydrogen (secondary N) is 1. The molecule has 0 aliphatic heterocycles. The van der Waals surface area contributed by atoms with Crippen LogP contribution in [0.5, 0.6) is 0 Å². The van der Waals surface area contributed by atoms with Gasteiger partial charge in [-0.3, -0.25) is 0 Å². The minimum Gasteiger partial charge on any atom is -0.315 e. The summed E-state index contributed by atoms with van der Waals surface area (Å²) in [5.74, 6) is 0. The van der Waals surface area contributed by atoms with Gasteiger partial charge in [0.1, 0.15) is 0 Å². The molecule has 1 aromatic heterocycles. The second-order valence-corrected chi connectivity index (χ2v) is 6.94. The van der Waals surface area contributed by atoms with Gasteiger partial charge in [-0.15, -0.1) is 11.3 Å². The summed E-state index contributed by atoms with van der Waals surface area (Å²) in [4.78, 5) is 4.15. The van der Waals surface area contributed by atoms with Crippen LogP contribution in [-0.4, -0.2) is 38.0 Å². The molecular weight excluding hydrogens is 232 g/mol. The molecule has 0 aliphatic carbocycles. The van der Waals surface area contributed by atoms with Gasteiger partial charge in [-0.1, -0.05) is 0 Å². The highest BCUT2D eigenvalue weighted by atomic mass is 32.2. The second-order valence-electron chi connectivity index (χ2n) is 3.56. The van der Waals surface area contributed by atoms with Gasteiger partial charge < -0.3 is 5.32 Å². The third-order valence-corrected chi connectivity index (χ3v) is 4.97. The Bertz CT molecular complexity index is 386. The van der Waals surface area contributed by atoms with Crippen molar-refractivity contribution in [3.8, 4) is 0 Å². The lowest BCUT2D eigenvalue weighted by Gasteiger charge is -2.20. The van der Waals surface area contributed by atoms with Crippen LogP contribution in [0.15, 0.2) is 11.6 Å². The van der Waals surface area contributed by atoms with Crippen LogP contribution in [0.2, 0.25) is 0 Å². The van der Waals surface area contributed by atoms with Crippen molar-refractivity contribution in [2.45, 2.75) is 24.6 Å². The number of aromatic nitrogens is 1. The van der Waals surface area contributed by atoms with Crippen LogP contribution in [0.3, 0.4) is 0 Å². The Labute approximate surface area is 94.7 Å². The molecule has 0 saturated carbocycles. The van der Waals surface area contributed by atoms with Gasteiger partial charge in [0.2, 0.25) is 0 Å². The van der Waals surface area contributed by atoms with Gasteiger partial charge in [-0.25, -0.2) is 13.4 Å². The molecule has 0 spiro atoms. The van der Waals surface area contributed by atoms with Crippen LogP contribution in [0.25, 0.3) is 0 Å². The zero-order valence-corrected chi connectivity index (χ0v) is 10.7. The van der Waals surface area contributed by atoms with Crippen molar-refractivity contribution in [3.05, 3.63) is 16.6 Å². The maximum absolute atomic E-state index is 11.4. The summed E-state index contributed by atoms with van der Waals surface area (Å²) in [6.45, 7) is 1.73. The van der Waals surface area contributed by atoms with E-state index in [1.807, 2.05) is 5.38 Å². The summed E-state index contributed by atoms with van der Waals surface area (Å²) >= 11 is 1.55. The predicted molar refractivity (Wildman–Crippen MR) is 63.0 cm³/mol. The molecule has 0 fully saturated rings. The minimum absolute atomic E-state index is 0.0776. The molecule has 1 rings (SSSR count). The third kappa shape index (κ3) is 3.55. The summed E-state index contributed by atoms with van der Waals surface area (Å²) in [5.41, 5.74) is 0. The van der Waals surface area contributed by atoms with Gasteiger partial charge in [-0.2, -0.15) is 0 Å². The molecule has 2 unspecified atom stereocenters. The van der Waals surface area contributed by atoms with E-state index in [9.17, 15) is 8.42 Å². The van der Waals surface area contributed by atoms with E-state index >= 15 is 0 Å².